The molecule has 6 aliphatic rings. The minimum Gasteiger partial charge on any atom is -0.451 e. The van der Waals surface area contributed by atoms with Gasteiger partial charge < -0.3 is 159 Å². The highest BCUT2D eigenvalue weighted by Crippen LogP contribution is 2.37. The number of esters is 1. The number of ether oxygens (including phenoxy) is 13. The average Bonchev–Trinajstić information content (AvgIpc) is 0.793. The molecule has 6 aliphatic heterocycles. The lowest BCUT2D eigenvalue weighted by Crippen LogP contribution is -2.65. The summed E-state index contributed by atoms with van der Waals surface area (Å²) in [5, 5.41) is 202. The highest BCUT2D eigenvalue weighted by Gasteiger charge is 2.55. The molecule has 109 heavy (non-hydrogen) atoms. The fourth-order valence-electron chi connectivity index (χ4n) is 13.3. The molecule has 19 N–H and O–H groups in total. The van der Waals surface area contributed by atoms with Crippen LogP contribution in [-0.2, 0) is 66.4 Å². The molecular weight excluding hydrogens is 1440 g/mol. The second-order valence-electron chi connectivity index (χ2n) is 30.0. The number of hydrogen-bond acceptors (Lipinski definition) is 33. The summed E-state index contributed by atoms with van der Waals surface area (Å²) in [6.07, 6.45) is -27.7. The van der Waals surface area contributed by atoms with Crippen LogP contribution >= 0.6 is 0 Å². The lowest BCUT2D eigenvalue weighted by Gasteiger charge is -2.47. The zero-order valence-corrected chi connectivity index (χ0v) is 64.0. The first-order chi connectivity index (χ1) is 51.3. The van der Waals surface area contributed by atoms with Gasteiger partial charge in [-0.25, -0.2) is 4.79 Å². The predicted octanol–water partition coefficient (Wildman–Crippen LogP) is -1.27. The highest BCUT2D eigenvalue weighted by molar-refractivity contribution is 5.88. The van der Waals surface area contributed by atoms with E-state index in [9.17, 15) is 102 Å². The van der Waals surface area contributed by atoms with E-state index in [1.54, 1.807) is 19.9 Å². The van der Waals surface area contributed by atoms with E-state index < -0.39 is 234 Å². The van der Waals surface area contributed by atoms with E-state index >= 15 is 0 Å². The van der Waals surface area contributed by atoms with Crippen molar-refractivity contribution in [2.75, 3.05) is 33.0 Å². The lowest BCUT2D eigenvalue weighted by molar-refractivity contribution is -0.375. The second-order valence-corrected chi connectivity index (χ2v) is 30.0. The molecule has 6 saturated heterocycles. The molecule has 0 aromatic rings. The third kappa shape index (κ3) is 26.1. The van der Waals surface area contributed by atoms with E-state index in [4.69, 9.17) is 61.6 Å². The molecule has 33 heteroatoms. The van der Waals surface area contributed by atoms with E-state index in [2.05, 4.69) is 19.2 Å². The molecule has 626 valence electrons. The normalized spacial score (nSPS) is 39.8. The third-order valence-electron chi connectivity index (χ3n) is 20.8. The molecule has 0 unspecified atom stereocenters. The van der Waals surface area contributed by atoms with E-state index in [-0.39, 0.29) is 18.6 Å². The summed E-state index contributed by atoms with van der Waals surface area (Å²) in [7, 11) is 0. The van der Waals surface area contributed by atoms with Crippen LogP contribution in [0.25, 0.3) is 0 Å². The Labute approximate surface area is 636 Å². The summed E-state index contributed by atoms with van der Waals surface area (Å²) in [4.78, 5) is 13.6. The van der Waals surface area contributed by atoms with Gasteiger partial charge in [0.05, 0.1) is 62.5 Å². The van der Waals surface area contributed by atoms with E-state index in [1.807, 2.05) is 58.9 Å². The summed E-state index contributed by atoms with van der Waals surface area (Å²) in [6, 6.07) is 0. The van der Waals surface area contributed by atoms with Crippen LogP contribution in [-0.4, -0.2) is 338 Å². The summed E-state index contributed by atoms with van der Waals surface area (Å²) in [5.41, 5.74) is 2.67. The lowest BCUT2D eigenvalue weighted by atomic mass is 9.95. The van der Waals surface area contributed by atoms with Gasteiger partial charge in [-0.2, -0.15) is 0 Å². The summed E-state index contributed by atoms with van der Waals surface area (Å²) < 4.78 is 76.0. The van der Waals surface area contributed by atoms with Crippen LogP contribution < -0.4 is 0 Å². The molecule has 6 fully saturated rings. The standard InChI is InChI=1S/C76H124O33/c1-13-75(11,108-72-63(94)57(88)53(84)47(33-78)102-72)28-18-26-39(5)22-16-24-40(6)30-45(80)31-42(8)68(96)105-66-59(90)50(81)43(9)100-73(66)98-36-49-55(86)58(89)62(93)71(104-49)106-65-51(82)44(10)99-69(64(65)95)97-35-41(7)25-17-23-37(3)20-15-21-38(4)27-19-29-76(12,14-2)109-74-67(60(91)54(85)48(34-79)103-74)107-70-61(92)56(87)52(83)46(32-77)101-70/h13-14,20,24-27,31,43-67,69-74,77-95H,1-2,15-19,21-23,28-30,32-36H2,3-12H3/b37-20+,38-27+,39-26+,40-24+,41-25-,42-31+/t43-,44-,45+,46+,47+,48+,49+,50-,51-,52+,53+,54+,55+,56-,57-,58-,59+,60-,61+,62+,63+,64+,65+,66+,67+,69+,70-,71-,72-,73+,74-,75+,76+/m0/s1. The monoisotopic (exact) mass is 1560 g/mol. The first kappa shape index (κ1) is 94.0. The smallest absolute Gasteiger partial charge is 0.334 e. The first-order valence-electron chi connectivity index (χ1n) is 37.3. The van der Waals surface area contributed by atoms with Crippen LogP contribution in [0.15, 0.2) is 95.2 Å². The Morgan fingerprint density at radius 1 is 0.413 bits per heavy atom. The maximum Gasteiger partial charge on any atom is 0.334 e. The van der Waals surface area contributed by atoms with Crippen molar-refractivity contribution in [2.24, 2.45) is 0 Å². The number of rotatable bonds is 39. The fraction of sp³-hybridized carbons (Fsp3) is 0.776. The molecular formula is C76H124O33. The maximum absolute atomic E-state index is 13.6. The van der Waals surface area contributed by atoms with Crippen LogP contribution in [0, 0.1) is 0 Å². The molecule has 33 nitrogen and oxygen atoms in total. The topological polar surface area (TPSA) is 521 Å². The molecule has 0 aromatic heterocycles. The van der Waals surface area contributed by atoms with Crippen molar-refractivity contribution in [1.82, 2.24) is 0 Å². The largest absolute Gasteiger partial charge is 0.451 e. The van der Waals surface area contributed by atoms with Gasteiger partial charge in [0.2, 0.25) is 0 Å². The minimum absolute atomic E-state index is 0.00625. The Morgan fingerprint density at radius 2 is 0.807 bits per heavy atom. The second kappa shape index (κ2) is 43.8. The molecule has 0 bridgehead atoms. The number of hydrogen-bond donors (Lipinski definition) is 19. The maximum atomic E-state index is 13.6. The van der Waals surface area contributed by atoms with Crippen molar-refractivity contribution >= 4 is 5.97 Å². The molecule has 0 aliphatic carbocycles. The summed E-state index contributed by atoms with van der Waals surface area (Å²) >= 11 is 0. The first-order valence-corrected chi connectivity index (χ1v) is 37.3. The summed E-state index contributed by atoms with van der Waals surface area (Å²) in [5.74, 6) is -1.01. The van der Waals surface area contributed by atoms with Gasteiger partial charge in [-0.05, 0) is 146 Å². The molecule has 0 amide bonds. The van der Waals surface area contributed by atoms with Gasteiger partial charge in [0, 0.05) is 5.57 Å². The zero-order chi connectivity index (χ0) is 81.1. The highest BCUT2D eigenvalue weighted by atomic mass is 16.8. The van der Waals surface area contributed by atoms with Crippen LogP contribution in [0.5, 0.6) is 0 Å². The predicted molar refractivity (Wildman–Crippen MR) is 385 cm³/mol. The van der Waals surface area contributed by atoms with Crippen molar-refractivity contribution in [3.05, 3.63) is 95.2 Å². The van der Waals surface area contributed by atoms with Crippen LogP contribution in [0.2, 0.25) is 0 Å². The molecule has 0 spiro atoms. The minimum atomic E-state index is -1.94. The average molecular weight is 1570 g/mol. The van der Waals surface area contributed by atoms with Gasteiger partial charge in [0.25, 0.3) is 0 Å². The Balaban J connectivity index is 0.941. The number of allylic oxidation sites excluding steroid dienone is 8. The van der Waals surface area contributed by atoms with Crippen LogP contribution in [0.3, 0.4) is 0 Å². The molecule has 6 rings (SSSR count). The summed E-state index contributed by atoms with van der Waals surface area (Å²) in [6.45, 7) is 22.4. The Morgan fingerprint density at radius 3 is 1.31 bits per heavy atom. The van der Waals surface area contributed by atoms with Crippen molar-refractivity contribution in [2.45, 2.75) is 341 Å². The van der Waals surface area contributed by atoms with Gasteiger partial charge in [-0.15, -0.1) is 13.2 Å². The van der Waals surface area contributed by atoms with Gasteiger partial charge in [0.15, 0.2) is 43.8 Å². The van der Waals surface area contributed by atoms with E-state index in [0.29, 0.717) is 51.4 Å². The number of carbonyl (C=O) groups excluding carboxylic acids is 1. The zero-order valence-electron chi connectivity index (χ0n) is 64.0. The Hall–Kier alpha value is -3.85. The number of carbonyl (C=O) groups is 1. The molecule has 0 radical (unpaired) electrons. The van der Waals surface area contributed by atoms with Crippen molar-refractivity contribution in [3.8, 4) is 0 Å². The Kier molecular flexibility index (Phi) is 37.7. The van der Waals surface area contributed by atoms with Crippen LogP contribution in [0.4, 0.5) is 0 Å². The van der Waals surface area contributed by atoms with Gasteiger partial charge in [-0.1, -0.05) is 70.4 Å². The molecule has 0 aromatic carbocycles. The van der Waals surface area contributed by atoms with Gasteiger partial charge in [0.1, 0.15) is 128 Å². The fourth-order valence-corrected chi connectivity index (χ4v) is 13.3. The molecule has 33 atom stereocenters. The number of aliphatic hydroxyl groups is 19. The molecule has 0 saturated carbocycles. The van der Waals surface area contributed by atoms with Crippen molar-refractivity contribution in [1.29, 1.82) is 0 Å². The quantitative estimate of drug-likeness (QED) is 0.0194. The third-order valence-corrected chi connectivity index (χ3v) is 20.8. The van der Waals surface area contributed by atoms with Crippen LogP contribution in [0.1, 0.15) is 140 Å². The van der Waals surface area contributed by atoms with Crippen molar-refractivity contribution < 1.29 is 163 Å². The van der Waals surface area contributed by atoms with Gasteiger partial charge in [-0.3, -0.25) is 0 Å². The number of aliphatic hydroxyl groups excluding tert-OH is 19. The van der Waals surface area contributed by atoms with Crippen molar-refractivity contribution in [3.63, 3.8) is 0 Å². The van der Waals surface area contributed by atoms with E-state index in [0.717, 1.165) is 40.7 Å². The molecule has 6 heterocycles. The SMILES string of the molecule is C=C[C@](C)(CC/C=C(\C)CC/C=C(\C)C[C@@H](O)/C=C(\C)C(=O)O[C@H]1[C@H](OC[C@H]2O[C@@H](O[C@@H]3[C@@H](O)[C@H](C)O[C@@H](OC/C(C)=C\CC/C(C)=C/CC/C(C)=C/CC[C@@](C)(C=C)O[C@@H]4O[C@H](CO)[C@@H](O)[C@H](O)[C@H]4O[C@@H]4O[C@H](CO)[C@@H](O)[C@H](O)[C@H]4O)[C@@H]3O)[C@H](O)[C@@H](O)[C@@H]2O)O[C@@H](C)[C@H](O)[C@H]1O)O[C@@H]1O[C@H](CO)[C@@H](O)[C@H](O)[C@H]1O. The van der Waals surface area contributed by atoms with Gasteiger partial charge >= 0.3 is 5.97 Å². The Bertz CT molecular complexity index is 3000. The van der Waals surface area contributed by atoms with E-state index in [1.165, 1.54) is 32.9 Å².